The molecule has 3 rings (SSSR count). The number of carbonyl (C=O) groups is 1. The maximum Gasteiger partial charge on any atom is 0.311 e. The van der Waals surface area contributed by atoms with Gasteiger partial charge in [-0.05, 0) is 55.3 Å². The van der Waals surface area contributed by atoms with E-state index in [1.54, 1.807) is 38.3 Å². The van der Waals surface area contributed by atoms with Gasteiger partial charge in [-0.3, -0.25) is 19.7 Å². The number of ether oxygens (including phenoxy) is 2. The molecule has 1 heterocycles. The van der Waals surface area contributed by atoms with Crippen molar-refractivity contribution >= 4 is 17.4 Å². The van der Waals surface area contributed by atoms with Crippen molar-refractivity contribution in [2.45, 2.75) is 26.7 Å². The van der Waals surface area contributed by atoms with Gasteiger partial charge in [0.05, 0.1) is 49.0 Å². The van der Waals surface area contributed by atoms with E-state index >= 15 is 0 Å². The molecular weight excluding hydrogens is 382 g/mol. The molecule has 156 valence electrons. The van der Waals surface area contributed by atoms with E-state index in [2.05, 4.69) is 17.0 Å². The van der Waals surface area contributed by atoms with E-state index in [9.17, 15) is 9.59 Å². The van der Waals surface area contributed by atoms with E-state index in [0.717, 1.165) is 12.1 Å². The van der Waals surface area contributed by atoms with Crippen LogP contribution in [0, 0.1) is 0 Å². The van der Waals surface area contributed by atoms with Crippen molar-refractivity contribution in [2.24, 2.45) is 4.99 Å². The van der Waals surface area contributed by atoms with Gasteiger partial charge in [0, 0.05) is 0 Å². The van der Waals surface area contributed by atoms with Crippen LogP contribution in [0.25, 0.3) is 5.69 Å². The summed E-state index contributed by atoms with van der Waals surface area (Å²) in [6, 6.07) is 14.9. The highest BCUT2D eigenvalue weighted by molar-refractivity contribution is 6.01. The topological polar surface area (TPSA) is 85.7 Å². The van der Waals surface area contributed by atoms with Gasteiger partial charge in [0.15, 0.2) is 0 Å². The van der Waals surface area contributed by atoms with Crippen LogP contribution in [0.1, 0.15) is 30.7 Å². The Morgan fingerprint density at radius 1 is 1.07 bits per heavy atom. The predicted molar refractivity (Wildman–Crippen MR) is 116 cm³/mol. The van der Waals surface area contributed by atoms with E-state index in [1.165, 1.54) is 17.4 Å². The molecule has 0 aliphatic heterocycles. The third-order valence-electron chi connectivity index (χ3n) is 4.85. The summed E-state index contributed by atoms with van der Waals surface area (Å²) in [5, 5.41) is 3.04. The third kappa shape index (κ3) is 4.51. The number of carbonyl (C=O) groups excluding carboxylic acids is 1. The van der Waals surface area contributed by atoms with E-state index in [4.69, 9.17) is 9.47 Å². The number of rotatable bonds is 7. The highest BCUT2D eigenvalue weighted by atomic mass is 16.5. The van der Waals surface area contributed by atoms with E-state index in [1.807, 2.05) is 24.3 Å². The fraction of sp³-hybridized carbons (Fsp3) is 0.261. The van der Waals surface area contributed by atoms with Gasteiger partial charge in [-0.15, -0.1) is 0 Å². The maximum absolute atomic E-state index is 13.2. The van der Waals surface area contributed by atoms with Gasteiger partial charge in [0.25, 0.3) is 5.56 Å². The number of esters is 1. The molecule has 1 N–H and O–H groups in total. The lowest BCUT2D eigenvalue weighted by Crippen LogP contribution is -2.20. The predicted octanol–water partition coefficient (Wildman–Crippen LogP) is 3.59. The average molecular weight is 407 g/mol. The monoisotopic (exact) mass is 407 g/mol. The Hall–Kier alpha value is -3.61. The first-order chi connectivity index (χ1) is 14.5. The molecule has 0 fully saturated rings. The van der Waals surface area contributed by atoms with Crippen molar-refractivity contribution in [3.05, 3.63) is 75.7 Å². The molecule has 0 atom stereocenters. The van der Waals surface area contributed by atoms with Crippen LogP contribution >= 0.6 is 0 Å². The fourth-order valence-corrected chi connectivity index (χ4v) is 3.17. The third-order valence-corrected chi connectivity index (χ3v) is 4.85. The lowest BCUT2D eigenvalue weighted by molar-refractivity contribution is -0.139. The number of aromatic nitrogens is 2. The number of aromatic amines is 1. The van der Waals surface area contributed by atoms with Crippen molar-refractivity contribution in [1.82, 2.24) is 9.78 Å². The van der Waals surface area contributed by atoms with Gasteiger partial charge in [-0.25, -0.2) is 4.68 Å². The van der Waals surface area contributed by atoms with Crippen LogP contribution in [0.3, 0.4) is 0 Å². The molecule has 0 unspecified atom stereocenters. The van der Waals surface area contributed by atoms with Gasteiger partial charge in [-0.2, -0.15) is 0 Å². The fourth-order valence-electron chi connectivity index (χ4n) is 3.17. The molecule has 0 aliphatic rings. The summed E-state index contributed by atoms with van der Waals surface area (Å²) in [4.78, 5) is 29.7. The van der Waals surface area contributed by atoms with Gasteiger partial charge in [-0.1, -0.05) is 19.1 Å². The minimum absolute atomic E-state index is 0.0636. The molecule has 7 nitrogen and oxygen atoms in total. The molecule has 0 saturated carbocycles. The Morgan fingerprint density at radius 3 is 2.30 bits per heavy atom. The minimum Gasteiger partial charge on any atom is -0.497 e. The van der Waals surface area contributed by atoms with Crippen LogP contribution in [-0.2, 0) is 22.4 Å². The summed E-state index contributed by atoms with van der Waals surface area (Å²) in [5.74, 6) is 0.237. The standard InChI is InChI=1S/C23H25N3O4/c1-5-16-6-8-17(9-7-16)24-15(2)22-20(14-21(27)30-4)25-26(23(22)28)18-10-12-19(29-3)13-11-18/h6-13,25H,5,14H2,1-4H3. The Balaban J connectivity index is 2.07. The molecule has 0 spiro atoms. The molecule has 0 bridgehead atoms. The number of benzene rings is 2. The first kappa shape index (κ1) is 21.1. The Morgan fingerprint density at radius 2 is 1.73 bits per heavy atom. The summed E-state index contributed by atoms with van der Waals surface area (Å²) >= 11 is 0. The first-order valence-corrected chi connectivity index (χ1v) is 9.66. The molecule has 3 aromatic rings. The molecule has 0 amide bonds. The van der Waals surface area contributed by atoms with E-state index < -0.39 is 5.97 Å². The zero-order chi connectivity index (χ0) is 21.7. The number of hydrogen-bond donors (Lipinski definition) is 1. The van der Waals surface area contributed by atoms with E-state index in [0.29, 0.717) is 28.4 Å². The average Bonchev–Trinajstić information content (AvgIpc) is 3.09. The van der Waals surface area contributed by atoms with Gasteiger partial charge < -0.3 is 9.47 Å². The number of H-pyrrole nitrogens is 1. The highest BCUT2D eigenvalue weighted by Gasteiger charge is 2.20. The number of nitrogens with one attached hydrogen (secondary N) is 1. The van der Waals surface area contributed by atoms with Gasteiger partial charge in [0.1, 0.15) is 5.75 Å². The van der Waals surface area contributed by atoms with Crippen LogP contribution in [0.5, 0.6) is 5.75 Å². The second-order valence-electron chi connectivity index (χ2n) is 6.77. The number of aryl methyl sites for hydroxylation is 1. The molecule has 0 aliphatic carbocycles. The SMILES string of the molecule is CCc1ccc(N=C(C)c2c(CC(=O)OC)[nH]n(-c3ccc(OC)cc3)c2=O)cc1. The van der Waals surface area contributed by atoms with Crippen molar-refractivity contribution < 1.29 is 14.3 Å². The number of nitrogens with zero attached hydrogens (tertiary/aromatic N) is 2. The lowest BCUT2D eigenvalue weighted by Gasteiger charge is -2.03. The van der Waals surface area contributed by atoms with Crippen LogP contribution in [0.15, 0.2) is 58.3 Å². The highest BCUT2D eigenvalue weighted by Crippen LogP contribution is 2.18. The molecule has 7 heteroatoms. The second-order valence-corrected chi connectivity index (χ2v) is 6.77. The Bertz CT molecular complexity index is 1110. The number of hydrogen-bond acceptors (Lipinski definition) is 5. The Kier molecular flexibility index (Phi) is 6.51. The van der Waals surface area contributed by atoms with E-state index in [-0.39, 0.29) is 12.0 Å². The molecule has 30 heavy (non-hydrogen) atoms. The van der Waals surface area contributed by atoms with Crippen LogP contribution in [0.4, 0.5) is 5.69 Å². The molecule has 0 radical (unpaired) electrons. The molecule has 1 aromatic heterocycles. The quantitative estimate of drug-likeness (QED) is 0.479. The Labute approximate surface area is 175 Å². The van der Waals surface area contributed by atoms with Crippen LogP contribution in [0.2, 0.25) is 0 Å². The summed E-state index contributed by atoms with van der Waals surface area (Å²) < 4.78 is 11.4. The maximum atomic E-state index is 13.2. The molecular formula is C23H25N3O4. The molecule has 2 aromatic carbocycles. The second kappa shape index (κ2) is 9.26. The zero-order valence-corrected chi connectivity index (χ0v) is 17.6. The molecule has 0 saturated heterocycles. The van der Waals surface area contributed by atoms with Gasteiger partial charge >= 0.3 is 5.97 Å². The summed E-state index contributed by atoms with van der Waals surface area (Å²) in [6.45, 7) is 3.85. The summed E-state index contributed by atoms with van der Waals surface area (Å²) in [5.41, 5.74) is 3.62. The number of methoxy groups -OCH3 is 2. The van der Waals surface area contributed by atoms with Gasteiger partial charge in [0.2, 0.25) is 0 Å². The number of aliphatic imine (C=N–C) groups is 1. The van der Waals surface area contributed by atoms with Crippen molar-refractivity contribution in [1.29, 1.82) is 0 Å². The lowest BCUT2D eigenvalue weighted by atomic mass is 10.1. The van der Waals surface area contributed by atoms with Crippen molar-refractivity contribution in [3.63, 3.8) is 0 Å². The van der Waals surface area contributed by atoms with Crippen molar-refractivity contribution in [2.75, 3.05) is 14.2 Å². The van der Waals surface area contributed by atoms with Crippen LogP contribution < -0.4 is 10.3 Å². The van der Waals surface area contributed by atoms with Crippen molar-refractivity contribution in [3.8, 4) is 11.4 Å². The normalized spacial score (nSPS) is 11.4. The summed E-state index contributed by atoms with van der Waals surface area (Å²) in [6.07, 6.45) is 0.877. The van der Waals surface area contributed by atoms with Crippen LogP contribution in [-0.4, -0.2) is 35.7 Å². The minimum atomic E-state index is -0.445. The first-order valence-electron chi connectivity index (χ1n) is 9.66. The zero-order valence-electron chi connectivity index (χ0n) is 17.6. The smallest absolute Gasteiger partial charge is 0.311 e. The largest absolute Gasteiger partial charge is 0.497 e. The summed E-state index contributed by atoms with van der Waals surface area (Å²) in [7, 11) is 2.89.